The summed E-state index contributed by atoms with van der Waals surface area (Å²) in [4.78, 5) is 0. The van der Waals surface area contributed by atoms with Crippen LogP contribution in [0.5, 0.6) is 11.5 Å². The lowest BCUT2D eigenvalue weighted by molar-refractivity contribution is -0.184. The van der Waals surface area contributed by atoms with Gasteiger partial charge in [0.2, 0.25) is 0 Å². The number of halogens is 3. The van der Waals surface area contributed by atoms with E-state index in [4.69, 9.17) is 4.74 Å². The van der Waals surface area contributed by atoms with Crippen LogP contribution in [0.3, 0.4) is 0 Å². The van der Waals surface area contributed by atoms with Crippen LogP contribution in [0.2, 0.25) is 0 Å². The van der Waals surface area contributed by atoms with Crippen LogP contribution >= 0.6 is 0 Å². The molecule has 0 aromatic heterocycles. The minimum atomic E-state index is -4.15. The van der Waals surface area contributed by atoms with E-state index in [-0.39, 0.29) is 18.6 Å². The Morgan fingerprint density at radius 3 is 2.07 bits per heavy atom. The molecule has 3 aromatic rings. The van der Waals surface area contributed by atoms with Crippen LogP contribution < -0.4 is 4.74 Å². The second-order valence-corrected chi connectivity index (χ2v) is 7.87. The van der Waals surface area contributed by atoms with Gasteiger partial charge in [-0.1, -0.05) is 36.4 Å². The molecule has 1 fully saturated rings. The lowest BCUT2D eigenvalue weighted by Crippen LogP contribution is -2.37. The Kier molecular flexibility index (Phi) is 4.93. The van der Waals surface area contributed by atoms with Crippen LogP contribution in [0.4, 0.5) is 13.2 Å². The number of aromatic hydroxyl groups is 1. The first-order valence-electron chi connectivity index (χ1n) is 9.76. The van der Waals surface area contributed by atoms with Crippen molar-refractivity contribution in [2.45, 2.75) is 37.3 Å². The van der Waals surface area contributed by atoms with Crippen molar-refractivity contribution >= 4 is 10.8 Å². The zero-order valence-electron chi connectivity index (χ0n) is 16.2. The molecule has 1 aliphatic rings. The molecule has 0 atom stereocenters. The van der Waals surface area contributed by atoms with Crippen molar-refractivity contribution in [3.8, 4) is 11.5 Å². The van der Waals surface area contributed by atoms with Gasteiger partial charge >= 0.3 is 6.18 Å². The lowest BCUT2D eigenvalue weighted by atomic mass is 9.63. The Balaban J connectivity index is 1.79. The van der Waals surface area contributed by atoms with E-state index < -0.39 is 17.5 Å². The van der Waals surface area contributed by atoms with Gasteiger partial charge in [-0.15, -0.1) is 0 Å². The van der Waals surface area contributed by atoms with E-state index >= 15 is 0 Å². The van der Waals surface area contributed by atoms with Crippen molar-refractivity contribution in [3.63, 3.8) is 0 Å². The first-order valence-corrected chi connectivity index (χ1v) is 9.76. The molecule has 3 aromatic carbocycles. The highest BCUT2D eigenvalue weighted by Gasteiger charge is 2.47. The highest BCUT2D eigenvalue weighted by atomic mass is 19.4. The molecule has 0 saturated heterocycles. The molecule has 152 valence electrons. The van der Waals surface area contributed by atoms with E-state index in [1.807, 2.05) is 42.5 Å². The summed E-state index contributed by atoms with van der Waals surface area (Å²) in [7, 11) is 1.62. The summed E-state index contributed by atoms with van der Waals surface area (Å²) in [6, 6.07) is 18.8. The number of rotatable bonds is 3. The quantitative estimate of drug-likeness (QED) is 0.537. The number of ether oxygens (including phenoxy) is 1. The van der Waals surface area contributed by atoms with Crippen LogP contribution in [0, 0.1) is 5.92 Å². The standard InChI is InChI=1S/C24H23F3O2/c1-29-22-9-3-16-14-20(4-2-17(16)15-22)23(18-5-7-21(28)8-6-18)12-10-19(11-13-23)24(25,26)27/h2-9,14-15,19,28H,10-13H2,1H3. The molecule has 0 amide bonds. The maximum atomic E-state index is 13.3. The number of hydrogen-bond donors (Lipinski definition) is 1. The first kappa shape index (κ1) is 19.6. The molecule has 2 nitrogen and oxygen atoms in total. The highest BCUT2D eigenvalue weighted by molar-refractivity contribution is 5.85. The smallest absolute Gasteiger partial charge is 0.391 e. The van der Waals surface area contributed by atoms with Crippen LogP contribution in [-0.4, -0.2) is 18.4 Å². The number of phenolic OH excluding ortho intramolecular Hbond substituents is 1. The summed E-state index contributed by atoms with van der Waals surface area (Å²) in [5.41, 5.74) is 1.47. The van der Waals surface area contributed by atoms with E-state index in [1.54, 1.807) is 19.2 Å². The molecule has 4 rings (SSSR count). The summed E-state index contributed by atoms with van der Waals surface area (Å²) >= 11 is 0. The van der Waals surface area contributed by atoms with Gasteiger partial charge in [0.15, 0.2) is 0 Å². The average molecular weight is 400 g/mol. The zero-order valence-corrected chi connectivity index (χ0v) is 16.2. The van der Waals surface area contributed by atoms with Crippen molar-refractivity contribution in [1.29, 1.82) is 0 Å². The second kappa shape index (κ2) is 7.29. The number of methoxy groups -OCH3 is 1. The van der Waals surface area contributed by atoms with Crippen LogP contribution in [0.1, 0.15) is 36.8 Å². The fourth-order valence-electron chi connectivity index (χ4n) is 4.61. The Labute approximate surface area is 167 Å². The normalized spacial score (nSPS) is 22.6. The highest BCUT2D eigenvalue weighted by Crippen LogP contribution is 2.50. The van der Waals surface area contributed by atoms with E-state index in [0.717, 1.165) is 27.6 Å². The van der Waals surface area contributed by atoms with Crippen LogP contribution in [0.15, 0.2) is 60.7 Å². The Hall–Kier alpha value is -2.69. The topological polar surface area (TPSA) is 29.5 Å². The summed E-state index contributed by atoms with van der Waals surface area (Å²) in [6.45, 7) is 0. The first-order chi connectivity index (χ1) is 13.8. The predicted octanol–water partition coefficient (Wildman–Crippen LogP) is 6.59. The summed E-state index contributed by atoms with van der Waals surface area (Å²) in [5, 5.41) is 11.7. The van der Waals surface area contributed by atoms with E-state index in [9.17, 15) is 18.3 Å². The Morgan fingerprint density at radius 2 is 1.45 bits per heavy atom. The van der Waals surface area contributed by atoms with Gasteiger partial charge in [-0.2, -0.15) is 13.2 Å². The lowest BCUT2D eigenvalue weighted by Gasteiger charge is -2.42. The summed E-state index contributed by atoms with van der Waals surface area (Å²) < 4.78 is 45.1. The third-order valence-corrected chi connectivity index (χ3v) is 6.32. The zero-order chi connectivity index (χ0) is 20.6. The molecule has 0 bridgehead atoms. The molecule has 1 aliphatic carbocycles. The van der Waals surface area contributed by atoms with Gasteiger partial charge in [0.05, 0.1) is 13.0 Å². The molecular formula is C24H23F3O2. The maximum absolute atomic E-state index is 13.3. The van der Waals surface area contributed by atoms with Gasteiger partial charge < -0.3 is 9.84 Å². The van der Waals surface area contributed by atoms with Crippen molar-refractivity contribution in [2.24, 2.45) is 5.92 Å². The minimum absolute atomic E-state index is 0.102. The van der Waals surface area contributed by atoms with Crippen molar-refractivity contribution in [2.75, 3.05) is 7.11 Å². The fraction of sp³-hybridized carbons (Fsp3) is 0.333. The third-order valence-electron chi connectivity index (χ3n) is 6.32. The molecule has 0 unspecified atom stereocenters. The SMILES string of the molecule is COc1ccc2cc(C3(c4ccc(O)cc4)CCC(C(F)(F)F)CC3)ccc2c1. The molecule has 1 saturated carbocycles. The number of alkyl halides is 3. The van der Waals surface area contributed by atoms with Gasteiger partial charge in [-0.05, 0) is 71.8 Å². The van der Waals surface area contributed by atoms with E-state index in [0.29, 0.717) is 12.8 Å². The molecule has 5 heteroatoms. The van der Waals surface area contributed by atoms with E-state index in [1.165, 1.54) is 0 Å². The maximum Gasteiger partial charge on any atom is 0.391 e. The number of hydrogen-bond acceptors (Lipinski definition) is 2. The molecule has 0 heterocycles. The average Bonchev–Trinajstić information content (AvgIpc) is 2.73. The molecule has 0 spiro atoms. The van der Waals surface area contributed by atoms with Gasteiger partial charge in [0, 0.05) is 5.41 Å². The summed E-state index contributed by atoms with van der Waals surface area (Å²) in [6.07, 6.45) is -3.11. The molecule has 29 heavy (non-hydrogen) atoms. The van der Waals surface area contributed by atoms with Crippen molar-refractivity contribution < 1.29 is 23.0 Å². The Bertz CT molecular complexity index is 1000. The van der Waals surface area contributed by atoms with Crippen LogP contribution in [0.25, 0.3) is 10.8 Å². The van der Waals surface area contributed by atoms with Crippen LogP contribution in [-0.2, 0) is 5.41 Å². The van der Waals surface area contributed by atoms with Crippen molar-refractivity contribution in [1.82, 2.24) is 0 Å². The minimum Gasteiger partial charge on any atom is -0.508 e. The van der Waals surface area contributed by atoms with Crippen molar-refractivity contribution in [3.05, 3.63) is 71.8 Å². The monoisotopic (exact) mass is 400 g/mol. The van der Waals surface area contributed by atoms with E-state index in [2.05, 4.69) is 6.07 Å². The number of benzene rings is 3. The molecule has 1 N–H and O–H groups in total. The number of fused-ring (bicyclic) bond motifs is 1. The second-order valence-electron chi connectivity index (χ2n) is 7.87. The van der Waals surface area contributed by atoms with Gasteiger partial charge in [-0.25, -0.2) is 0 Å². The summed E-state index contributed by atoms with van der Waals surface area (Å²) in [5.74, 6) is -0.333. The molecule has 0 radical (unpaired) electrons. The molecular weight excluding hydrogens is 377 g/mol. The van der Waals surface area contributed by atoms with Gasteiger partial charge in [0.1, 0.15) is 11.5 Å². The molecule has 0 aliphatic heterocycles. The fourth-order valence-corrected chi connectivity index (χ4v) is 4.61. The predicted molar refractivity (Wildman–Crippen MR) is 107 cm³/mol. The van der Waals surface area contributed by atoms with Gasteiger partial charge in [0.25, 0.3) is 0 Å². The third kappa shape index (κ3) is 3.66. The Morgan fingerprint density at radius 1 is 0.862 bits per heavy atom. The number of phenols is 1. The van der Waals surface area contributed by atoms with Gasteiger partial charge in [-0.3, -0.25) is 0 Å². The largest absolute Gasteiger partial charge is 0.508 e.